The number of nitrogens with one attached hydrogen (secondary N) is 1. The SMILES string of the molecule is CCC1CCC(Nc2nc3ccccc3o2)(C(=O)O)CC1. The van der Waals surface area contributed by atoms with Crippen LogP contribution in [0.5, 0.6) is 0 Å². The van der Waals surface area contributed by atoms with Crippen LogP contribution in [0.2, 0.25) is 0 Å². The first kappa shape index (κ1) is 13.9. The minimum absolute atomic E-state index is 0.300. The predicted octanol–water partition coefficient (Wildman–Crippen LogP) is 3.66. The average Bonchev–Trinajstić information content (AvgIpc) is 2.89. The highest BCUT2D eigenvalue weighted by Gasteiger charge is 2.42. The van der Waals surface area contributed by atoms with Gasteiger partial charge >= 0.3 is 5.97 Å². The third-order valence-electron chi connectivity index (χ3n) is 4.59. The molecule has 1 heterocycles. The molecule has 0 unspecified atom stereocenters. The smallest absolute Gasteiger partial charge is 0.329 e. The molecule has 0 atom stereocenters. The van der Waals surface area contributed by atoms with Gasteiger partial charge < -0.3 is 14.8 Å². The Bertz CT molecular complexity index is 609. The Balaban J connectivity index is 1.84. The highest BCUT2D eigenvalue weighted by molar-refractivity contribution is 5.83. The van der Waals surface area contributed by atoms with Crippen LogP contribution in [0.1, 0.15) is 39.0 Å². The lowest BCUT2D eigenvalue weighted by Gasteiger charge is -2.36. The van der Waals surface area contributed by atoms with E-state index in [1.807, 2.05) is 24.3 Å². The van der Waals surface area contributed by atoms with Crippen LogP contribution in [0.4, 0.5) is 6.01 Å². The molecule has 2 N–H and O–H groups in total. The first-order valence-electron chi connectivity index (χ1n) is 7.50. The number of carboxylic acids is 1. The van der Waals surface area contributed by atoms with E-state index < -0.39 is 11.5 Å². The number of anilines is 1. The van der Waals surface area contributed by atoms with Gasteiger partial charge in [0.1, 0.15) is 11.1 Å². The molecule has 1 saturated carbocycles. The van der Waals surface area contributed by atoms with E-state index in [2.05, 4.69) is 17.2 Å². The van der Waals surface area contributed by atoms with Crippen LogP contribution in [-0.2, 0) is 4.79 Å². The molecule has 2 aromatic rings. The molecule has 0 bridgehead atoms. The number of aromatic nitrogens is 1. The van der Waals surface area contributed by atoms with Crippen LogP contribution >= 0.6 is 0 Å². The predicted molar refractivity (Wildman–Crippen MR) is 80.2 cm³/mol. The van der Waals surface area contributed by atoms with Crippen molar-refractivity contribution in [2.75, 3.05) is 5.32 Å². The van der Waals surface area contributed by atoms with Gasteiger partial charge in [-0.1, -0.05) is 25.5 Å². The summed E-state index contributed by atoms with van der Waals surface area (Å²) in [6.07, 6.45) is 4.18. The highest BCUT2D eigenvalue weighted by atomic mass is 16.4. The molecule has 1 aliphatic carbocycles. The number of hydrogen-bond donors (Lipinski definition) is 2. The van der Waals surface area contributed by atoms with E-state index in [0.29, 0.717) is 30.4 Å². The molecule has 1 fully saturated rings. The maximum atomic E-state index is 11.8. The van der Waals surface area contributed by atoms with Gasteiger partial charge in [-0.15, -0.1) is 0 Å². The van der Waals surface area contributed by atoms with Gasteiger partial charge in [0.15, 0.2) is 5.58 Å². The van der Waals surface area contributed by atoms with E-state index in [9.17, 15) is 9.90 Å². The van der Waals surface area contributed by atoms with Crippen LogP contribution < -0.4 is 5.32 Å². The van der Waals surface area contributed by atoms with Crippen molar-refractivity contribution in [3.8, 4) is 0 Å². The summed E-state index contributed by atoms with van der Waals surface area (Å²) in [6, 6.07) is 7.74. The van der Waals surface area contributed by atoms with E-state index >= 15 is 0 Å². The van der Waals surface area contributed by atoms with Crippen LogP contribution in [0.3, 0.4) is 0 Å². The summed E-state index contributed by atoms with van der Waals surface area (Å²) in [5.74, 6) is -0.192. The lowest BCUT2D eigenvalue weighted by molar-refractivity contribution is -0.143. The number of hydrogen-bond acceptors (Lipinski definition) is 4. The summed E-state index contributed by atoms with van der Waals surface area (Å²) in [6.45, 7) is 2.16. The van der Waals surface area contributed by atoms with Crippen molar-refractivity contribution in [3.63, 3.8) is 0 Å². The minimum atomic E-state index is -0.952. The van der Waals surface area contributed by atoms with Crippen molar-refractivity contribution in [3.05, 3.63) is 24.3 Å². The number of carbonyl (C=O) groups is 1. The normalized spacial score (nSPS) is 25.9. The summed E-state index contributed by atoms with van der Waals surface area (Å²) in [7, 11) is 0. The fourth-order valence-electron chi connectivity index (χ4n) is 3.10. The van der Waals surface area contributed by atoms with Crippen molar-refractivity contribution in [1.82, 2.24) is 4.98 Å². The number of nitrogens with zero attached hydrogens (tertiary/aromatic N) is 1. The summed E-state index contributed by atoms with van der Waals surface area (Å²) >= 11 is 0. The van der Waals surface area contributed by atoms with Crippen LogP contribution in [-0.4, -0.2) is 21.6 Å². The Hall–Kier alpha value is -2.04. The number of carboxylic acid groups (broad SMARTS) is 1. The zero-order valence-electron chi connectivity index (χ0n) is 12.1. The quantitative estimate of drug-likeness (QED) is 0.898. The van der Waals surface area contributed by atoms with Gasteiger partial charge in [0, 0.05) is 0 Å². The minimum Gasteiger partial charge on any atom is -0.480 e. The molecule has 0 spiro atoms. The van der Waals surface area contributed by atoms with Crippen molar-refractivity contribution < 1.29 is 14.3 Å². The van der Waals surface area contributed by atoms with Crippen molar-refractivity contribution in [1.29, 1.82) is 0 Å². The standard InChI is InChI=1S/C16H20N2O3/c1-2-11-7-9-16(10-8-11,14(19)20)18-15-17-12-5-3-4-6-13(12)21-15/h3-6,11H,2,7-10H2,1H3,(H,17,18)(H,19,20). The van der Waals surface area contributed by atoms with Crippen molar-refractivity contribution in [2.45, 2.75) is 44.6 Å². The maximum Gasteiger partial charge on any atom is 0.329 e. The molecule has 0 saturated heterocycles. The Labute approximate surface area is 123 Å². The zero-order valence-corrected chi connectivity index (χ0v) is 12.1. The summed E-state index contributed by atoms with van der Waals surface area (Å²) in [5, 5.41) is 12.7. The van der Waals surface area contributed by atoms with Crippen LogP contribution in [0.25, 0.3) is 11.1 Å². The van der Waals surface area contributed by atoms with E-state index in [4.69, 9.17) is 4.42 Å². The Morgan fingerprint density at radius 3 is 2.76 bits per heavy atom. The number of benzene rings is 1. The first-order valence-corrected chi connectivity index (χ1v) is 7.50. The third kappa shape index (κ3) is 2.60. The molecule has 5 nitrogen and oxygen atoms in total. The average molecular weight is 288 g/mol. The van der Waals surface area contributed by atoms with Crippen LogP contribution in [0, 0.1) is 5.92 Å². The van der Waals surface area contributed by atoms with Crippen LogP contribution in [0.15, 0.2) is 28.7 Å². The largest absolute Gasteiger partial charge is 0.480 e. The Morgan fingerprint density at radius 2 is 2.14 bits per heavy atom. The summed E-state index contributed by atoms with van der Waals surface area (Å²) in [5.41, 5.74) is 0.456. The maximum absolute atomic E-state index is 11.8. The van der Waals surface area contributed by atoms with Gasteiger partial charge in [0.25, 0.3) is 6.01 Å². The number of oxazole rings is 1. The van der Waals surface area contributed by atoms with Crippen molar-refractivity contribution in [2.24, 2.45) is 5.92 Å². The van der Waals surface area contributed by atoms with Gasteiger partial charge in [-0.2, -0.15) is 4.98 Å². The zero-order chi connectivity index (χ0) is 14.9. The van der Waals surface area contributed by atoms with E-state index in [-0.39, 0.29) is 0 Å². The van der Waals surface area contributed by atoms with Gasteiger partial charge in [0.2, 0.25) is 0 Å². The second-order valence-corrected chi connectivity index (χ2v) is 5.85. The molecular weight excluding hydrogens is 268 g/mol. The molecule has 1 aliphatic rings. The van der Waals surface area contributed by atoms with Gasteiger partial charge in [-0.05, 0) is 43.7 Å². The first-order chi connectivity index (χ1) is 10.1. The van der Waals surface area contributed by atoms with Gasteiger partial charge in [-0.3, -0.25) is 0 Å². The highest BCUT2D eigenvalue weighted by Crippen LogP contribution is 2.36. The van der Waals surface area contributed by atoms with Crippen molar-refractivity contribution >= 4 is 23.1 Å². The van der Waals surface area contributed by atoms with Gasteiger partial charge in [0.05, 0.1) is 0 Å². The van der Waals surface area contributed by atoms with E-state index in [1.54, 1.807) is 0 Å². The second-order valence-electron chi connectivity index (χ2n) is 5.85. The molecule has 21 heavy (non-hydrogen) atoms. The Morgan fingerprint density at radius 1 is 1.43 bits per heavy atom. The molecular formula is C16H20N2O3. The molecule has 3 rings (SSSR count). The molecule has 0 aliphatic heterocycles. The fraction of sp³-hybridized carbons (Fsp3) is 0.500. The lowest BCUT2D eigenvalue weighted by Crippen LogP contribution is -2.49. The molecule has 0 amide bonds. The monoisotopic (exact) mass is 288 g/mol. The summed E-state index contributed by atoms with van der Waals surface area (Å²) < 4.78 is 5.61. The number of para-hydroxylation sites is 2. The topological polar surface area (TPSA) is 75.4 Å². The van der Waals surface area contributed by atoms with Gasteiger partial charge in [-0.25, -0.2) is 4.79 Å². The molecule has 112 valence electrons. The number of aliphatic carboxylic acids is 1. The molecule has 1 aromatic heterocycles. The number of rotatable bonds is 4. The second kappa shape index (κ2) is 5.39. The van der Waals surface area contributed by atoms with E-state index in [1.165, 1.54) is 0 Å². The fourth-order valence-corrected chi connectivity index (χ4v) is 3.10. The number of fused-ring (bicyclic) bond motifs is 1. The molecule has 5 heteroatoms. The third-order valence-corrected chi connectivity index (χ3v) is 4.59. The summed E-state index contributed by atoms with van der Waals surface area (Å²) in [4.78, 5) is 16.1. The molecule has 1 aromatic carbocycles. The molecule has 0 radical (unpaired) electrons. The van der Waals surface area contributed by atoms with E-state index in [0.717, 1.165) is 24.8 Å². The lowest BCUT2D eigenvalue weighted by atomic mass is 9.75. The Kier molecular flexibility index (Phi) is 3.57.